The van der Waals surface area contributed by atoms with Gasteiger partial charge in [-0.3, -0.25) is 0 Å². The molecule has 4 nitrogen and oxygen atoms in total. The number of hydrogen-bond acceptors (Lipinski definition) is 4. The third kappa shape index (κ3) is 3.70. The van der Waals surface area contributed by atoms with Gasteiger partial charge in [-0.2, -0.15) is 0 Å². The average molecular weight is 334 g/mol. The zero-order chi connectivity index (χ0) is 17.5. The summed E-state index contributed by atoms with van der Waals surface area (Å²) in [5.41, 5.74) is 1.50. The Morgan fingerprint density at radius 1 is 1.29 bits per heavy atom. The average Bonchev–Trinajstić information content (AvgIpc) is 2.97. The minimum absolute atomic E-state index is 0.0403. The van der Waals surface area contributed by atoms with Crippen LogP contribution in [0.1, 0.15) is 65.3 Å². The van der Waals surface area contributed by atoms with Gasteiger partial charge in [0, 0.05) is 23.6 Å². The molecule has 1 aliphatic carbocycles. The smallest absolute Gasteiger partial charge is 0.142 e. The molecule has 0 radical (unpaired) electrons. The number of hydrogen-bond donors (Lipinski definition) is 1. The highest BCUT2D eigenvalue weighted by atomic mass is 16.5. The molecule has 1 aromatic heterocycles. The lowest BCUT2D eigenvalue weighted by Crippen LogP contribution is -2.60. The van der Waals surface area contributed by atoms with Gasteiger partial charge in [0.2, 0.25) is 0 Å². The molecule has 2 heterocycles. The quantitative estimate of drug-likeness (QED) is 0.914. The molecule has 1 aromatic rings. The van der Waals surface area contributed by atoms with Gasteiger partial charge in [-0.15, -0.1) is 0 Å². The molecule has 0 aromatic carbocycles. The molecule has 24 heavy (non-hydrogen) atoms. The fourth-order valence-electron chi connectivity index (χ4n) is 4.12. The topological polar surface area (TPSA) is 41.3 Å². The lowest BCUT2D eigenvalue weighted by molar-refractivity contribution is 0.00205. The highest BCUT2D eigenvalue weighted by Crippen LogP contribution is 2.48. The summed E-state index contributed by atoms with van der Waals surface area (Å²) in [6.07, 6.45) is 4.87. The van der Waals surface area contributed by atoms with Crippen molar-refractivity contribution in [2.75, 3.05) is 20.1 Å². The van der Waals surface area contributed by atoms with Gasteiger partial charge in [0.1, 0.15) is 5.76 Å². The summed E-state index contributed by atoms with van der Waals surface area (Å²) < 4.78 is 5.55. The van der Waals surface area contributed by atoms with Crippen LogP contribution in [0.3, 0.4) is 0 Å². The molecule has 2 atom stereocenters. The van der Waals surface area contributed by atoms with Crippen molar-refractivity contribution in [2.24, 2.45) is 11.3 Å². The molecule has 1 aliphatic heterocycles. The maximum atomic E-state index is 5.55. The molecule has 2 aliphatic rings. The predicted molar refractivity (Wildman–Crippen MR) is 98.2 cm³/mol. The van der Waals surface area contributed by atoms with E-state index in [1.165, 1.54) is 32.4 Å². The molecular formula is C20H35N3O. The Morgan fingerprint density at radius 3 is 2.50 bits per heavy atom. The summed E-state index contributed by atoms with van der Waals surface area (Å²) in [5, 5.41) is 8.26. The minimum atomic E-state index is 0.0403. The van der Waals surface area contributed by atoms with Gasteiger partial charge < -0.3 is 14.7 Å². The van der Waals surface area contributed by atoms with E-state index >= 15 is 0 Å². The van der Waals surface area contributed by atoms with Crippen molar-refractivity contribution < 1.29 is 4.52 Å². The van der Waals surface area contributed by atoms with Crippen LogP contribution in [-0.4, -0.2) is 42.3 Å². The standard InChI is InChI=1S/C20H35N3O/c1-19(2,3)18-13-16(22-24-18)11-14-12-17(20(14,4)5)21-15-7-9-23(6)10-8-15/h13-15,17,21H,7-12H2,1-6H3/t14-,17+/m1/s1. The monoisotopic (exact) mass is 333 g/mol. The van der Waals surface area contributed by atoms with Crippen molar-refractivity contribution in [3.63, 3.8) is 0 Å². The summed E-state index contributed by atoms with van der Waals surface area (Å²) in [7, 11) is 2.23. The van der Waals surface area contributed by atoms with E-state index in [2.05, 4.69) is 63.1 Å². The fourth-order valence-corrected chi connectivity index (χ4v) is 4.12. The third-order valence-electron chi connectivity index (χ3n) is 6.38. The summed E-state index contributed by atoms with van der Waals surface area (Å²) in [6, 6.07) is 3.50. The first-order chi connectivity index (χ1) is 11.2. The lowest BCUT2D eigenvalue weighted by Gasteiger charge is -2.54. The molecule has 0 spiro atoms. The first kappa shape index (κ1) is 17.9. The first-order valence-corrected chi connectivity index (χ1v) is 9.57. The van der Waals surface area contributed by atoms with Crippen molar-refractivity contribution >= 4 is 0 Å². The van der Waals surface area contributed by atoms with Gasteiger partial charge in [-0.1, -0.05) is 39.8 Å². The van der Waals surface area contributed by atoms with Crippen molar-refractivity contribution in [3.8, 4) is 0 Å². The first-order valence-electron chi connectivity index (χ1n) is 9.57. The number of nitrogens with zero attached hydrogens (tertiary/aromatic N) is 2. The van der Waals surface area contributed by atoms with Gasteiger partial charge in [0.05, 0.1) is 5.69 Å². The van der Waals surface area contributed by atoms with Crippen LogP contribution in [-0.2, 0) is 11.8 Å². The number of aromatic nitrogens is 1. The maximum absolute atomic E-state index is 5.55. The normalized spacial score (nSPS) is 28.8. The van der Waals surface area contributed by atoms with E-state index in [0.717, 1.165) is 17.9 Å². The van der Waals surface area contributed by atoms with Crippen LogP contribution in [0.15, 0.2) is 10.6 Å². The predicted octanol–water partition coefficient (Wildman–Crippen LogP) is 3.61. The van der Waals surface area contributed by atoms with E-state index in [-0.39, 0.29) is 5.41 Å². The van der Waals surface area contributed by atoms with Crippen LogP contribution in [0.2, 0.25) is 0 Å². The zero-order valence-electron chi connectivity index (χ0n) is 16.4. The number of nitrogens with one attached hydrogen (secondary N) is 1. The Labute approximate surface area is 147 Å². The molecule has 1 saturated carbocycles. The van der Waals surface area contributed by atoms with Crippen LogP contribution >= 0.6 is 0 Å². The van der Waals surface area contributed by atoms with Gasteiger partial charge in [0.25, 0.3) is 0 Å². The summed E-state index contributed by atoms with van der Waals surface area (Å²) in [5.74, 6) is 1.69. The highest BCUT2D eigenvalue weighted by Gasteiger charge is 2.48. The van der Waals surface area contributed by atoms with Gasteiger partial charge >= 0.3 is 0 Å². The Bertz CT molecular complexity index is 549. The van der Waals surface area contributed by atoms with Gasteiger partial charge in [-0.05, 0) is 57.2 Å². The molecule has 1 N–H and O–H groups in total. The molecule has 4 heteroatoms. The van der Waals surface area contributed by atoms with Gasteiger partial charge in [-0.25, -0.2) is 0 Å². The number of piperidine rings is 1. The van der Waals surface area contributed by atoms with E-state index < -0.39 is 0 Å². The van der Waals surface area contributed by atoms with Crippen LogP contribution in [0, 0.1) is 11.3 Å². The minimum Gasteiger partial charge on any atom is -0.361 e. The van der Waals surface area contributed by atoms with E-state index in [4.69, 9.17) is 4.52 Å². The second-order valence-corrected chi connectivity index (χ2v) is 9.69. The molecule has 1 saturated heterocycles. The van der Waals surface area contributed by atoms with Crippen LogP contribution in [0.5, 0.6) is 0 Å². The van der Waals surface area contributed by atoms with E-state index in [1.54, 1.807) is 0 Å². The molecule has 0 bridgehead atoms. The third-order valence-corrected chi connectivity index (χ3v) is 6.38. The molecule has 0 amide bonds. The highest BCUT2D eigenvalue weighted by molar-refractivity contribution is 5.16. The van der Waals surface area contributed by atoms with Crippen molar-refractivity contribution in [2.45, 2.75) is 77.8 Å². The Balaban J connectivity index is 1.53. The Hall–Kier alpha value is -0.870. The van der Waals surface area contributed by atoms with Crippen LogP contribution < -0.4 is 5.32 Å². The molecule has 0 unspecified atom stereocenters. The maximum Gasteiger partial charge on any atom is 0.142 e. The second kappa shape index (κ2) is 6.45. The Kier molecular flexibility index (Phi) is 4.82. The molecule has 3 rings (SSSR count). The van der Waals surface area contributed by atoms with Crippen LogP contribution in [0.4, 0.5) is 0 Å². The lowest BCUT2D eigenvalue weighted by atomic mass is 9.57. The second-order valence-electron chi connectivity index (χ2n) is 9.69. The van der Waals surface area contributed by atoms with Crippen molar-refractivity contribution in [3.05, 3.63) is 17.5 Å². The van der Waals surface area contributed by atoms with E-state index in [0.29, 0.717) is 23.4 Å². The number of rotatable bonds is 4. The SMILES string of the molecule is CN1CCC(N[C@H]2C[C@@H](Cc3cc(C(C)(C)C)on3)C2(C)C)CC1. The summed E-state index contributed by atoms with van der Waals surface area (Å²) in [4.78, 5) is 2.43. The molecular weight excluding hydrogens is 298 g/mol. The van der Waals surface area contributed by atoms with E-state index in [9.17, 15) is 0 Å². The largest absolute Gasteiger partial charge is 0.361 e. The molecule has 136 valence electrons. The van der Waals surface area contributed by atoms with Crippen molar-refractivity contribution in [1.82, 2.24) is 15.4 Å². The molecule has 2 fully saturated rings. The summed E-state index contributed by atoms with van der Waals surface area (Å²) >= 11 is 0. The zero-order valence-corrected chi connectivity index (χ0v) is 16.4. The van der Waals surface area contributed by atoms with Crippen LogP contribution in [0.25, 0.3) is 0 Å². The summed E-state index contributed by atoms with van der Waals surface area (Å²) in [6.45, 7) is 13.8. The fraction of sp³-hybridized carbons (Fsp3) is 0.850. The van der Waals surface area contributed by atoms with E-state index in [1.807, 2.05) is 0 Å². The number of likely N-dealkylation sites (tertiary alicyclic amines) is 1. The van der Waals surface area contributed by atoms with Gasteiger partial charge in [0.15, 0.2) is 0 Å². The van der Waals surface area contributed by atoms with Crippen molar-refractivity contribution in [1.29, 1.82) is 0 Å². The Morgan fingerprint density at radius 2 is 1.96 bits per heavy atom.